The van der Waals surface area contributed by atoms with E-state index >= 15 is 0 Å². The molecule has 6 nitrogen and oxygen atoms in total. The summed E-state index contributed by atoms with van der Waals surface area (Å²) in [7, 11) is 1.35. The summed E-state index contributed by atoms with van der Waals surface area (Å²) in [5.41, 5.74) is 1.36. The molecule has 0 amide bonds. The van der Waals surface area contributed by atoms with Gasteiger partial charge >= 0.3 is 5.97 Å². The summed E-state index contributed by atoms with van der Waals surface area (Å²) >= 11 is 1.56. The molecule has 0 aliphatic carbocycles. The lowest BCUT2D eigenvalue weighted by Gasteiger charge is -2.03. The second-order valence-electron chi connectivity index (χ2n) is 4.49. The van der Waals surface area contributed by atoms with Crippen LogP contribution in [0.1, 0.15) is 18.4 Å². The molecule has 2 aromatic rings. The van der Waals surface area contributed by atoms with Crippen molar-refractivity contribution in [3.63, 3.8) is 0 Å². The highest BCUT2D eigenvalue weighted by Crippen LogP contribution is 2.16. The Hall–Kier alpha value is -1.89. The number of thioether (sulfide) groups is 1. The predicted octanol–water partition coefficient (Wildman–Crippen LogP) is 1.96. The quantitative estimate of drug-likeness (QED) is 0.422. The Bertz CT molecular complexity index is 559. The number of hydrogen-bond acceptors (Lipinski definition) is 6. The molecular weight excluding hydrogens is 288 g/mol. The molecule has 112 valence electrons. The summed E-state index contributed by atoms with van der Waals surface area (Å²) in [6, 6.07) is 10.4. The minimum absolute atomic E-state index is 0.0514. The highest BCUT2D eigenvalue weighted by Gasteiger charge is 2.10. The lowest BCUT2D eigenvalue weighted by molar-refractivity contribution is -0.141. The minimum Gasteiger partial charge on any atom is -0.468 e. The van der Waals surface area contributed by atoms with Gasteiger partial charge in [-0.15, -0.1) is 5.10 Å². The summed E-state index contributed by atoms with van der Waals surface area (Å²) in [5.74, 6) is 0.571. The maximum Gasteiger partial charge on any atom is 0.327 e. The first-order valence-electron chi connectivity index (χ1n) is 6.79. The summed E-state index contributed by atoms with van der Waals surface area (Å²) in [6.07, 6.45) is 3.27. The summed E-state index contributed by atoms with van der Waals surface area (Å²) in [5, 5.41) is 11.9. The molecule has 0 fully saturated rings. The van der Waals surface area contributed by atoms with Gasteiger partial charge in [-0.1, -0.05) is 42.1 Å². The number of benzene rings is 1. The molecule has 21 heavy (non-hydrogen) atoms. The number of unbranched alkanes of at least 4 members (excludes halogenated alkanes) is 1. The lowest BCUT2D eigenvalue weighted by Crippen LogP contribution is -2.13. The first kappa shape index (κ1) is 15.5. The van der Waals surface area contributed by atoms with Gasteiger partial charge < -0.3 is 4.74 Å². The molecule has 7 heteroatoms. The van der Waals surface area contributed by atoms with Crippen molar-refractivity contribution < 1.29 is 9.53 Å². The minimum atomic E-state index is -0.353. The van der Waals surface area contributed by atoms with E-state index in [2.05, 4.69) is 44.5 Å². The van der Waals surface area contributed by atoms with Gasteiger partial charge in [-0.3, -0.25) is 4.79 Å². The topological polar surface area (TPSA) is 69.9 Å². The molecule has 0 saturated carbocycles. The first-order chi connectivity index (χ1) is 10.3. The van der Waals surface area contributed by atoms with E-state index < -0.39 is 0 Å². The van der Waals surface area contributed by atoms with E-state index in [4.69, 9.17) is 0 Å². The zero-order valence-corrected chi connectivity index (χ0v) is 12.8. The van der Waals surface area contributed by atoms with Crippen LogP contribution in [0.4, 0.5) is 0 Å². The van der Waals surface area contributed by atoms with Gasteiger partial charge in [0.2, 0.25) is 5.16 Å². The third-order valence-corrected chi connectivity index (χ3v) is 3.98. The zero-order chi connectivity index (χ0) is 14.9. The second kappa shape index (κ2) is 8.41. The molecule has 2 rings (SSSR count). The number of hydrogen-bond donors (Lipinski definition) is 0. The van der Waals surface area contributed by atoms with Crippen LogP contribution in [0.5, 0.6) is 0 Å². The Morgan fingerprint density at radius 2 is 2.10 bits per heavy atom. The van der Waals surface area contributed by atoms with Gasteiger partial charge in [-0.05, 0) is 35.3 Å². The van der Waals surface area contributed by atoms with Crippen LogP contribution >= 0.6 is 11.8 Å². The maximum atomic E-state index is 11.2. The molecule has 0 N–H and O–H groups in total. The van der Waals surface area contributed by atoms with Crippen molar-refractivity contribution in [3.8, 4) is 0 Å². The Balaban J connectivity index is 1.69. The van der Waals surface area contributed by atoms with Gasteiger partial charge in [-0.25, -0.2) is 4.68 Å². The van der Waals surface area contributed by atoms with E-state index in [9.17, 15) is 4.79 Å². The Morgan fingerprint density at radius 3 is 2.86 bits per heavy atom. The van der Waals surface area contributed by atoms with E-state index in [0.717, 1.165) is 25.0 Å². The van der Waals surface area contributed by atoms with Gasteiger partial charge in [0.05, 0.1) is 7.11 Å². The lowest BCUT2D eigenvalue weighted by atomic mass is 10.1. The highest BCUT2D eigenvalue weighted by molar-refractivity contribution is 7.99. The van der Waals surface area contributed by atoms with Crippen molar-refractivity contribution in [2.24, 2.45) is 0 Å². The van der Waals surface area contributed by atoms with Gasteiger partial charge in [0.15, 0.2) is 0 Å². The highest BCUT2D eigenvalue weighted by atomic mass is 32.2. The number of carbonyl (C=O) groups is 1. The van der Waals surface area contributed by atoms with Crippen LogP contribution in [0, 0.1) is 0 Å². The number of aromatic nitrogens is 4. The number of esters is 1. The number of carbonyl (C=O) groups excluding carboxylic acids is 1. The van der Waals surface area contributed by atoms with E-state index in [1.165, 1.54) is 17.4 Å². The number of tetrazole rings is 1. The van der Waals surface area contributed by atoms with E-state index in [1.54, 1.807) is 11.8 Å². The molecule has 0 saturated heterocycles. The third kappa shape index (κ3) is 5.18. The number of nitrogens with zero attached hydrogens (tertiary/aromatic N) is 4. The Labute approximate surface area is 127 Å². The molecular formula is C14H18N4O2S. The molecule has 0 atom stereocenters. The van der Waals surface area contributed by atoms with Crippen LogP contribution in [0.3, 0.4) is 0 Å². The van der Waals surface area contributed by atoms with Crippen molar-refractivity contribution in [1.29, 1.82) is 0 Å². The van der Waals surface area contributed by atoms with Crippen LogP contribution < -0.4 is 0 Å². The normalized spacial score (nSPS) is 10.5. The second-order valence-corrected chi connectivity index (χ2v) is 5.55. The Morgan fingerprint density at radius 1 is 1.29 bits per heavy atom. The van der Waals surface area contributed by atoms with Crippen molar-refractivity contribution in [2.45, 2.75) is 31.0 Å². The number of rotatable bonds is 8. The van der Waals surface area contributed by atoms with Crippen LogP contribution in [0.15, 0.2) is 35.5 Å². The maximum absolute atomic E-state index is 11.2. The molecule has 0 unspecified atom stereocenters. The number of ether oxygens (including phenoxy) is 1. The molecule has 0 spiro atoms. The van der Waals surface area contributed by atoms with Gasteiger partial charge in [0, 0.05) is 5.75 Å². The fourth-order valence-corrected chi connectivity index (χ4v) is 2.70. The smallest absolute Gasteiger partial charge is 0.327 e. The van der Waals surface area contributed by atoms with Crippen molar-refractivity contribution in [3.05, 3.63) is 35.9 Å². The number of methoxy groups -OCH3 is 1. The van der Waals surface area contributed by atoms with Crippen LogP contribution in [0.25, 0.3) is 0 Å². The molecule has 1 heterocycles. The SMILES string of the molecule is COC(=O)Cn1nnnc1SCCCCc1ccccc1. The fourth-order valence-electron chi connectivity index (χ4n) is 1.83. The third-order valence-electron chi connectivity index (χ3n) is 2.94. The fraction of sp³-hybridized carbons (Fsp3) is 0.429. The van der Waals surface area contributed by atoms with E-state index in [0.29, 0.717) is 5.16 Å². The largest absolute Gasteiger partial charge is 0.468 e. The molecule has 1 aromatic heterocycles. The van der Waals surface area contributed by atoms with Gasteiger partial charge in [0.1, 0.15) is 6.54 Å². The van der Waals surface area contributed by atoms with Crippen molar-refractivity contribution >= 4 is 17.7 Å². The molecule has 0 aliphatic rings. The molecule has 0 radical (unpaired) electrons. The molecule has 1 aromatic carbocycles. The van der Waals surface area contributed by atoms with Crippen molar-refractivity contribution in [2.75, 3.05) is 12.9 Å². The molecule has 0 bridgehead atoms. The average Bonchev–Trinajstić information content (AvgIpc) is 2.95. The van der Waals surface area contributed by atoms with Gasteiger partial charge in [-0.2, -0.15) is 0 Å². The monoisotopic (exact) mass is 306 g/mol. The average molecular weight is 306 g/mol. The molecule has 0 aliphatic heterocycles. The summed E-state index contributed by atoms with van der Waals surface area (Å²) in [4.78, 5) is 11.2. The first-order valence-corrected chi connectivity index (χ1v) is 7.78. The van der Waals surface area contributed by atoms with Gasteiger partial charge in [0.25, 0.3) is 0 Å². The Kier molecular flexibility index (Phi) is 6.21. The van der Waals surface area contributed by atoms with Crippen LogP contribution in [-0.4, -0.2) is 39.0 Å². The van der Waals surface area contributed by atoms with E-state index in [1.807, 2.05) is 6.07 Å². The zero-order valence-electron chi connectivity index (χ0n) is 11.9. The predicted molar refractivity (Wildman–Crippen MR) is 79.9 cm³/mol. The standard InChI is InChI=1S/C14H18N4O2S/c1-20-13(19)11-18-14(15-16-17-18)21-10-6-5-9-12-7-3-2-4-8-12/h2-4,7-8H,5-6,9-11H2,1H3. The van der Waals surface area contributed by atoms with Crippen molar-refractivity contribution in [1.82, 2.24) is 20.2 Å². The van der Waals surface area contributed by atoms with Crippen LogP contribution in [0.2, 0.25) is 0 Å². The number of aryl methyl sites for hydroxylation is 1. The summed E-state index contributed by atoms with van der Waals surface area (Å²) < 4.78 is 6.07. The van der Waals surface area contributed by atoms with Crippen LogP contribution in [-0.2, 0) is 22.5 Å². The summed E-state index contributed by atoms with van der Waals surface area (Å²) in [6.45, 7) is 0.0514. The van der Waals surface area contributed by atoms with E-state index in [-0.39, 0.29) is 12.5 Å².